The molecule has 0 aliphatic carbocycles. The predicted molar refractivity (Wildman–Crippen MR) is 70.2 cm³/mol. The first-order valence-corrected chi connectivity index (χ1v) is 7.50. The Morgan fingerprint density at radius 1 is 0.885 bits per heavy atom. The highest BCUT2D eigenvalue weighted by Crippen LogP contribution is 2.48. The Morgan fingerprint density at radius 2 is 1.35 bits per heavy atom. The SMILES string of the molecule is CCCCCC[C@@H](C)NC(=O)[C@@](F)(N(C(F)(F)F)C(F)(F)F)C(F)(F)F. The van der Waals surface area contributed by atoms with Crippen LogP contribution in [0.2, 0.25) is 0 Å². The zero-order valence-corrected chi connectivity index (χ0v) is 13.7. The van der Waals surface area contributed by atoms with Crippen LogP contribution in [-0.4, -0.2) is 41.4 Å². The first kappa shape index (κ1) is 24.7. The van der Waals surface area contributed by atoms with Gasteiger partial charge in [0.15, 0.2) is 0 Å². The highest BCUT2D eigenvalue weighted by molar-refractivity contribution is 5.86. The fraction of sp³-hybridized carbons (Fsp3) is 0.923. The van der Waals surface area contributed by atoms with E-state index in [1.54, 1.807) is 0 Å². The molecule has 0 radical (unpaired) electrons. The Labute approximate surface area is 142 Å². The van der Waals surface area contributed by atoms with Crippen molar-refractivity contribution in [3.05, 3.63) is 0 Å². The number of alkyl halides is 10. The molecule has 0 aliphatic heterocycles. The molecule has 3 nitrogen and oxygen atoms in total. The Bertz CT molecular complexity index is 445. The summed E-state index contributed by atoms with van der Waals surface area (Å²) < 4.78 is 128. The summed E-state index contributed by atoms with van der Waals surface area (Å²) in [6.07, 6.45) is -18.1. The first-order valence-electron chi connectivity index (χ1n) is 7.50. The van der Waals surface area contributed by atoms with E-state index in [4.69, 9.17) is 0 Å². The van der Waals surface area contributed by atoms with Crippen molar-refractivity contribution in [2.24, 2.45) is 0 Å². The van der Waals surface area contributed by atoms with E-state index in [1.165, 1.54) is 5.32 Å². The van der Waals surface area contributed by atoms with E-state index in [2.05, 4.69) is 0 Å². The molecule has 0 aliphatic rings. The minimum atomic E-state index is -6.84. The molecule has 0 aromatic carbocycles. The van der Waals surface area contributed by atoms with Gasteiger partial charge in [0, 0.05) is 6.04 Å². The second kappa shape index (κ2) is 8.61. The smallest absolute Gasteiger partial charge is 0.349 e. The lowest BCUT2D eigenvalue weighted by Gasteiger charge is -2.38. The Morgan fingerprint density at radius 3 is 1.69 bits per heavy atom. The average Bonchev–Trinajstić information content (AvgIpc) is 2.38. The lowest BCUT2D eigenvalue weighted by molar-refractivity contribution is -0.444. The van der Waals surface area contributed by atoms with Crippen LogP contribution < -0.4 is 5.32 Å². The summed E-state index contributed by atoms with van der Waals surface area (Å²) >= 11 is 0. The van der Waals surface area contributed by atoms with Crippen LogP contribution in [0.25, 0.3) is 0 Å². The molecular formula is C13H18F10N2O. The summed E-state index contributed by atoms with van der Waals surface area (Å²) in [5, 5.41) is 1.25. The number of nitrogens with one attached hydrogen (secondary N) is 1. The third-order valence-corrected chi connectivity index (χ3v) is 3.36. The minimum absolute atomic E-state index is 0.0439. The molecule has 0 heterocycles. The highest BCUT2D eigenvalue weighted by Gasteiger charge is 2.78. The second-order valence-corrected chi connectivity index (χ2v) is 5.61. The number of hydrogen-bond acceptors (Lipinski definition) is 2. The van der Waals surface area contributed by atoms with Crippen LogP contribution >= 0.6 is 0 Å². The van der Waals surface area contributed by atoms with Crippen molar-refractivity contribution in [3.63, 3.8) is 0 Å². The number of halogens is 10. The molecule has 0 saturated heterocycles. The first-order chi connectivity index (χ1) is 11.5. The molecule has 0 unspecified atom stereocenters. The van der Waals surface area contributed by atoms with Crippen LogP contribution in [0.15, 0.2) is 0 Å². The Kier molecular flexibility index (Phi) is 8.19. The topological polar surface area (TPSA) is 32.3 Å². The number of amides is 1. The summed E-state index contributed by atoms with van der Waals surface area (Å²) in [7, 11) is 0. The van der Waals surface area contributed by atoms with Gasteiger partial charge in [0.1, 0.15) is 0 Å². The molecule has 1 amide bonds. The quantitative estimate of drug-likeness (QED) is 0.347. The van der Waals surface area contributed by atoms with Crippen LogP contribution in [0.4, 0.5) is 43.9 Å². The average molecular weight is 408 g/mol. The molecule has 156 valence electrons. The summed E-state index contributed by atoms with van der Waals surface area (Å²) in [4.78, 5) is 8.12. The Hall–Kier alpha value is -1.27. The van der Waals surface area contributed by atoms with Crippen LogP contribution in [-0.2, 0) is 4.79 Å². The summed E-state index contributed by atoms with van der Waals surface area (Å²) in [6, 6.07) is -1.26. The number of carbonyl (C=O) groups is 1. The maximum atomic E-state index is 14.1. The second-order valence-electron chi connectivity index (χ2n) is 5.61. The molecule has 0 saturated carbocycles. The molecule has 0 aromatic rings. The largest absolute Gasteiger partial charge is 0.470 e. The molecule has 26 heavy (non-hydrogen) atoms. The zero-order chi connectivity index (χ0) is 21.0. The van der Waals surface area contributed by atoms with E-state index in [0.29, 0.717) is 12.8 Å². The fourth-order valence-corrected chi connectivity index (χ4v) is 2.12. The van der Waals surface area contributed by atoms with Crippen molar-refractivity contribution in [2.75, 3.05) is 0 Å². The molecule has 1 N–H and O–H groups in total. The van der Waals surface area contributed by atoms with Gasteiger partial charge in [-0.2, -0.15) is 39.5 Å². The van der Waals surface area contributed by atoms with Crippen molar-refractivity contribution in [1.82, 2.24) is 10.2 Å². The fourth-order valence-electron chi connectivity index (χ4n) is 2.12. The molecule has 0 spiro atoms. The van der Waals surface area contributed by atoms with E-state index in [1.807, 2.05) is 6.92 Å². The predicted octanol–water partition coefficient (Wildman–Crippen LogP) is 5.03. The third kappa shape index (κ3) is 6.16. The third-order valence-electron chi connectivity index (χ3n) is 3.36. The van der Waals surface area contributed by atoms with Gasteiger partial charge in [0.2, 0.25) is 0 Å². The number of hydrogen-bond donors (Lipinski definition) is 1. The van der Waals surface area contributed by atoms with Gasteiger partial charge in [-0.15, -0.1) is 0 Å². The zero-order valence-electron chi connectivity index (χ0n) is 13.7. The highest BCUT2D eigenvalue weighted by atomic mass is 19.4. The van der Waals surface area contributed by atoms with E-state index in [-0.39, 0.29) is 6.42 Å². The van der Waals surface area contributed by atoms with Crippen LogP contribution in [0.3, 0.4) is 0 Å². The van der Waals surface area contributed by atoms with Crippen molar-refractivity contribution < 1.29 is 48.7 Å². The van der Waals surface area contributed by atoms with Gasteiger partial charge in [-0.1, -0.05) is 37.5 Å². The van der Waals surface area contributed by atoms with Gasteiger partial charge in [0.25, 0.3) is 5.91 Å². The van der Waals surface area contributed by atoms with Crippen molar-refractivity contribution in [1.29, 1.82) is 0 Å². The summed E-state index contributed by atoms with van der Waals surface area (Å²) in [5.41, 5.74) is 0. The van der Waals surface area contributed by atoms with Gasteiger partial charge >= 0.3 is 24.6 Å². The van der Waals surface area contributed by atoms with Crippen molar-refractivity contribution >= 4 is 5.91 Å². The number of nitrogens with zero attached hydrogens (tertiary/aromatic N) is 1. The maximum Gasteiger partial charge on any atom is 0.470 e. The molecule has 0 bridgehead atoms. The van der Waals surface area contributed by atoms with Gasteiger partial charge in [0.05, 0.1) is 0 Å². The summed E-state index contributed by atoms with van der Waals surface area (Å²) in [6.45, 7) is 2.89. The standard InChI is InChI=1S/C13H18F10N2O/c1-3-4-5-6-7-8(2)24-9(26)10(14,11(15,16)17)25(12(18,19)20)13(21,22)23/h8H,3-7H2,1-2H3,(H,24,26)/t8-,10-/m1/s1. The van der Waals surface area contributed by atoms with Crippen LogP contribution in [0.5, 0.6) is 0 Å². The minimum Gasteiger partial charge on any atom is -0.349 e. The van der Waals surface area contributed by atoms with Gasteiger partial charge < -0.3 is 5.32 Å². The molecule has 0 aromatic heterocycles. The van der Waals surface area contributed by atoms with Crippen LogP contribution in [0, 0.1) is 0 Å². The monoisotopic (exact) mass is 408 g/mol. The lowest BCUT2D eigenvalue weighted by Crippen LogP contribution is -2.71. The maximum absolute atomic E-state index is 14.1. The van der Waals surface area contributed by atoms with E-state index in [0.717, 1.165) is 19.8 Å². The lowest BCUT2D eigenvalue weighted by atomic mass is 10.1. The van der Waals surface area contributed by atoms with E-state index >= 15 is 0 Å². The number of rotatable bonds is 8. The molecule has 0 rings (SSSR count). The number of carbonyl (C=O) groups excluding carboxylic acids is 1. The molecule has 2 atom stereocenters. The normalized spacial score (nSPS) is 17.1. The van der Waals surface area contributed by atoms with Gasteiger partial charge in [-0.3, -0.25) is 4.79 Å². The van der Waals surface area contributed by atoms with Gasteiger partial charge in [-0.05, 0) is 13.3 Å². The summed E-state index contributed by atoms with van der Waals surface area (Å²) in [5.74, 6) is -9.44. The molecular weight excluding hydrogens is 390 g/mol. The van der Waals surface area contributed by atoms with E-state index < -0.39 is 41.4 Å². The van der Waals surface area contributed by atoms with Crippen LogP contribution in [0.1, 0.15) is 46.0 Å². The number of unbranched alkanes of at least 4 members (excludes halogenated alkanes) is 3. The van der Waals surface area contributed by atoms with Crippen molar-refractivity contribution in [2.45, 2.75) is 76.6 Å². The van der Waals surface area contributed by atoms with Gasteiger partial charge in [-0.25, -0.2) is 4.39 Å². The Balaban J connectivity index is 5.63. The molecule has 13 heteroatoms. The molecule has 0 fully saturated rings. The van der Waals surface area contributed by atoms with Crippen molar-refractivity contribution in [3.8, 4) is 0 Å². The van der Waals surface area contributed by atoms with E-state index in [9.17, 15) is 48.7 Å².